The summed E-state index contributed by atoms with van der Waals surface area (Å²) >= 11 is 3.35. The molecule has 0 amide bonds. The molecule has 5 aromatic rings. The molecule has 30 heavy (non-hydrogen) atoms. The predicted molar refractivity (Wildman–Crippen MR) is 131 cm³/mol. The second kappa shape index (κ2) is 8.07. The predicted octanol–water partition coefficient (Wildman–Crippen LogP) is 7.52. The first-order valence-corrected chi connectivity index (χ1v) is 11.9. The van der Waals surface area contributed by atoms with Gasteiger partial charge in [0.15, 0.2) is 10.0 Å². The summed E-state index contributed by atoms with van der Waals surface area (Å²) in [5, 5.41) is 6.58. The van der Waals surface area contributed by atoms with E-state index in [2.05, 4.69) is 73.9 Å². The maximum atomic E-state index is 4.84. The fourth-order valence-corrected chi connectivity index (χ4v) is 5.35. The summed E-state index contributed by atoms with van der Waals surface area (Å²) in [4.78, 5) is 9.68. The number of fused-ring (bicyclic) bond motifs is 7. The molecule has 0 bridgehead atoms. The third kappa shape index (κ3) is 3.33. The maximum absolute atomic E-state index is 4.84. The third-order valence-corrected chi connectivity index (χ3v) is 6.92. The van der Waals surface area contributed by atoms with Crippen LogP contribution in [0.1, 0.15) is 49.5 Å². The molecule has 0 radical (unpaired) electrons. The molecule has 0 aliphatic carbocycles. The Bertz CT molecular complexity index is 1410. The van der Waals surface area contributed by atoms with Gasteiger partial charge in [0.1, 0.15) is 0 Å². The Labute approximate surface area is 184 Å². The zero-order chi connectivity index (χ0) is 20.5. The molecular formula is C26H20N2S2. The van der Waals surface area contributed by atoms with Crippen molar-refractivity contribution >= 4 is 64.7 Å². The zero-order valence-electron chi connectivity index (χ0n) is 17.0. The van der Waals surface area contributed by atoms with E-state index in [0.29, 0.717) is 0 Å². The molecular weight excluding hydrogens is 404 g/mol. The van der Waals surface area contributed by atoms with Crippen molar-refractivity contribution in [1.29, 1.82) is 0 Å². The van der Waals surface area contributed by atoms with E-state index in [1.165, 1.54) is 30.9 Å². The first-order valence-electron chi connectivity index (χ1n) is 10.3. The van der Waals surface area contributed by atoms with Crippen LogP contribution >= 0.6 is 22.7 Å². The van der Waals surface area contributed by atoms with Gasteiger partial charge in [0.2, 0.25) is 0 Å². The van der Waals surface area contributed by atoms with E-state index in [4.69, 9.17) is 9.97 Å². The maximum Gasteiger partial charge on any atom is 0.168 e. The van der Waals surface area contributed by atoms with Crippen LogP contribution in [0.25, 0.3) is 42.0 Å². The van der Waals surface area contributed by atoms with Gasteiger partial charge in [-0.1, -0.05) is 50.0 Å². The van der Waals surface area contributed by atoms with E-state index in [1.807, 2.05) is 0 Å². The lowest BCUT2D eigenvalue weighted by Crippen LogP contribution is -1.82. The van der Waals surface area contributed by atoms with E-state index in [1.54, 1.807) is 22.7 Å². The van der Waals surface area contributed by atoms with Crippen molar-refractivity contribution in [2.24, 2.45) is 0 Å². The van der Waals surface area contributed by atoms with Crippen molar-refractivity contribution in [3.63, 3.8) is 0 Å². The highest BCUT2D eigenvalue weighted by Gasteiger charge is 2.12. The summed E-state index contributed by atoms with van der Waals surface area (Å²) < 4.78 is 2.37. The van der Waals surface area contributed by atoms with Gasteiger partial charge >= 0.3 is 0 Å². The summed E-state index contributed by atoms with van der Waals surface area (Å²) in [5.74, 6) is 12.9. The number of unbranched alkanes of at least 4 members (excludes halogenated alkanes) is 2. The van der Waals surface area contributed by atoms with E-state index >= 15 is 0 Å². The third-order valence-electron chi connectivity index (χ3n) is 5.05. The second-order valence-corrected chi connectivity index (χ2v) is 9.28. The molecule has 5 rings (SSSR count). The minimum Gasteiger partial charge on any atom is -0.227 e. The fraction of sp³-hybridized carbons (Fsp3) is 0.231. The van der Waals surface area contributed by atoms with Gasteiger partial charge in [-0.15, -0.1) is 22.7 Å². The lowest BCUT2D eigenvalue weighted by atomic mass is 10.0. The van der Waals surface area contributed by atoms with Crippen LogP contribution in [0.15, 0.2) is 36.4 Å². The summed E-state index contributed by atoms with van der Waals surface area (Å²) in [5.41, 5.74) is 2.09. The molecule has 0 saturated carbocycles. The molecule has 0 fully saturated rings. The molecule has 4 heteroatoms. The van der Waals surface area contributed by atoms with Gasteiger partial charge in [-0.05, 0) is 47.6 Å². The number of hydrogen-bond donors (Lipinski definition) is 0. The SMILES string of the molecule is CCCC#Cc1nc2c(ccc3c4ccc5sc(C#CCCC)nc5c4ccc32)s1. The average Bonchev–Trinajstić information content (AvgIpc) is 3.37. The Morgan fingerprint density at radius 2 is 1.07 bits per heavy atom. The molecule has 0 spiro atoms. The van der Waals surface area contributed by atoms with Crippen molar-refractivity contribution in [2.75, 3.05) is 0 Å². The Balaban J connectivity index is 1.69. The molecule has 2 heterocycles. The summed E-state index contributed by atoms with van der Waals surface area (Å²) in [6.07, 6.45) is 3.97. The first kappa shape index (κ1) is 19.1. The summed E-state index contributed by atoms with van der Waals surface area (Å²) in [6, 6.07) is 13.1. The minimum atomic E-state index is 0.899. The van der Waals surface area contributed by atoms with Gasteiger partial charge in [-0.3, -0.25) is 0 Å². The molecule has 2 nitrogen and oxygen atoms in total. The molecule has 3 aromatic carbocycles. The van der Waals surface area contributed by atoms with Gasteiger partial charge in [0.05, 0.1) is 20.4 Å². The van der Waals surface area contributed by atoms with Crippen LogP contribution < -0.4 is 0 Å². The van der Waals surface area contributed by atoms with Gasteiger partial charge < -0.3 is 0 Å². The van der Waals surface area contributed by atoms with Crippen molar-refractivity contribution in [1.82, 2.24) is 9.97 Å². The Morgan fingerprint density at radius 1 is 0.633 bits per heavy atom. The Hall–Kier alpha value is -2.92. The van der Waals surface area contributed by atoms with E-state index in [9.17, 15) is 0 Å². The van der Waals surface area contributed by atoms with Gasteiger partial charge in [0.25, 0.3) is 0 Å². The Kier molecular flexibility index (Phi) is 5.13. The fourth-order valence-electron chi connectivity index (χ4n) is 3.64. The molecule has 0 unspecified atom stereocenters. The van der Waals surface area contributed by atoms with E-state index in [0.717, 1.165) is 46.7 Å². The highest BCUT2D eigenvalue weighted by molar-refractivity contribution is 7.19. The van der Waals surface area contributed by atoms with Crippen molar-refractivity contribution in [2.45, 2.75) is 39.5 Å². The number of nitrogens with zero attached hydrogens (tertiary/aromatic N) is 2. The van der Waals surface area contributed by atoms with Gasteiger partial charge in [-0.2, -0.15) is 0 Å². The molecule has 0 aliphatic heterocycles. The van der Waals surface area contributed by atoms with Crippen molar-refractivity contribution in [3.8, 4) is 23.7 Å². The van der Waals surface area contributed by atoms with Gasteiger partial charge in [-0.25, -0.2) is 9.97 Å². The van der Waals surface area contributed by atoms with Crippen LogP contribution in [-0.2, 0) is 0 Å². The van der Waals surface area contributed by atoms with Crippen LogP contribution in [0.5, 0.6) is 0 Å². The van der Waals surface area contributed by atoms with E-state index < -0.39 is 0 Å². The van der Waals surface area contributed by atoms with Crippen LogP contribution in [0.4, 0.5) is 0 Å². The quantitative estimate of drug-likeness (QED) is 0.216. The molecule has 2 aromatic heterocycles. The van der Waals surface area contributed by atoms with Gasteiger partial charge in [0, 0.05) is 23.6 Å². The average molecular weight is 425 g/mol. The summed E-state index contributed by atoms with van der Waals surface area (Å²) in [7, 11) is 0. The molecule has 0 atom stereocenters. The first-order chi connectivity index (χ1) is 14.8. The number of thiazole rings is 2. The minimum absolute atomic E-state index is 0.899. The number of rotatable bonds is 2. The second-order valence-electron chi connectivity index (χ2n) is 7.22. The zero-order valence-corrected chi connectivity index (χ0v) is 18.6. The Morgan fingerprint density at radius 3 is 1.50 bits per heavy atom. The smallest absolute Gasteiger partial charge is 0.168 e. The highest BCUT2D eigenvalue weighted by Crippen LogP contribution is 2.36. The summed E-state index contributed by atoms with van der Waals surface area (Å²) in [6.45, 7) is 4.29. The number of aromatic nitrogens is 2. The highest BCUT2D eigenvalue weighted by atomic mass is 32.1. The standard InChI is InChI=1S/C26H20N2S2/c1-3-5-7-9-23-27-25-19-11-12-20-18(17(19)13-15-21(25)29-23)14-16-22-26(20)28-24(30-22)10-8-6-4-2/h11-16H,3-6H2,1-2H3. The largest absolute Gasteiger partial charge is 0.227 e. The lowest BCUT2D eigenvalue weighted by Gasteiger charge is -2.05. The molecule has 0 saturated heterocycles. The van der Waals surface area contributed by atoms with Crippen molar-refractivity contribution < 1.29 is 0 Å². The van der Waals surface area contributed by atoms with E-state index in [-0.39, 0.29) is 0 Å². The van der Waals surface area contributed by atoms with Crippen LogP contribution in [0.2, 0.25) is 0 Å². The molecule has 0 N–H and O–H groups in total. The van der Waals surface area contributed by atoms with Crippen LogP contribution in [0.3, 0.4) is 0 Å². The lowest BCUT2D eigenvalue weighted by molar-refractivity contribution is 0.983. The normalized spacial score (nSPS) is 11.0. The van der Waals surface area contributed by atoms with Crippen molar-refractivity contribution in [3.05, 3.63) is 46.4 Å². The molecule has 146 valence electrons. The van der Waals surface area contributed by atoms with Crippen LogP contribution in [0, 0.1) is 23.7 Å². The topological polar surface area (TPSA) is 25.8 Å². The molecule has 0 aliphatic rings. The number of benzene rings is 3. The monoisotopic (exact) mass is 424 g/mol. The number of hydrogen-bond acceptors (Lipinski definition) is 4. The van der Waals surface area contributed by atoms with Crippen LogP contribution in [-0.4, -0.2) is 9.97 Å².